The van der Waals surface area contributed by atoms with Crippen molar-refractivity contribution < 1.29 is 0 Å². The summed E-state index contributed by atoms with van der Waals surface area (Å²) in [6.45, 7) is 6.09. The maximum Gasteiger partial charge on any atom is 0.229 e. The van der Waals surface area contributed by atoms with Crippen LogP contribution in [0, 0.1) is 6.92 Å². The van der Waals surface area contributed by atoms with Gasteiger partial charge in [0.05, 0.1) is 0 Å². The number of anilines is 1. The zero-order chi connectivity index (χ0) is 11.3. The maximum absolute atomic E-state index is 5.12. The topological polar surface area (TPSA) is 49.8 Å². The van der Waals surface area contributed by atoms with Crippen molar-refractivity contribution in [3.63, 3.8) is 0 Å². The van der Waals surface area contributed by atoms with Crippen molar-refractivity contribution in [2.45, 2.75) is 33.2 Å². The van der Waals surface area contributed by atoms with Crippen LogP contribution in [0.2, 0.25) is 0 Å². The molecule has 0 aliphatic carbocycles. The summed E-state index contributed by atoms with van der Waals surface area (Å²) < 4.78 is 0. The molecule has 0 spiro atoms. The summed E-state index contributed by atoms with van der Waals surface area (Å²) in [6.07, 6.45) is 2.73. The Balaban J connectivity index is 2.51. The summed E-state index contributed by atoms with van der Waals surface area (Å²) in [4.78, 5) is 8.26. The van der Waals surface area contributed by atoms with Crippen LogP contribution < -0.4 is 10.6 Å². The summed E-state index contributed by atoms with van der Waals surface area (Å²) in [6, 6.07) is 2.20. The number of thiocarbonyl (C=S) groups is 1. The molecule has 0 unspecified atom stereocenters. The molecule has 0 saturated carbocycles. The second-order valence-electron chi connectivity index (χ2n) is 3.43. The fraction of sp³-hybridized carbons (Fsp3) is 0.500. The lowest BCUT2D eigenvalue weighted by Gasteiger charge is -2.14. The van der Waals surface area contributed by atoms with Crippen molar-refractivity contribution in [1.82, 2.24) is 15.3 Å². The normalized spacial score (nSPS) is 11.9. The van der Waals surface area contributed by atoms with E-state index in [2.05, 4.69) is 34.4 Å². The molecule has 1 aromatic rings. The minimum atomic E-state index is 0.356. The average Bonchev–Trinajstić information content (AvgIpc) is 2.17. The van der Waals surface area contributed by atoms with Gasteiger partial charge in [0, 0.05) is 17.9 Å². The molecule has 0 aliphatic heterocycles. The van der Waals surface area contributed by atoms with Gasteiger partial charge in [-0.05, 0) is 38.6 Å². The van der Waals surface area contributed by atoms with E-state index in [0.29, 0.717) is 17.1 Å². The predicted molar refractivity (Wildman–Crippen MR) is 65.9 cm³/mol. The Bertz CT molecular complexity index is 340. The lowest BCUT2D eigenvalue weighted by atomic mass is 10.3. The molecule has 0 bridgehead atoms. The molecule has 4 nitrogen and oxygen atoms in total. The Morgan fingerprint density at radius 3 is 2.93 bits per heavy atom. The van der Waals surface area contributed by atoms with E-state index in [4.69, 9.17) is 12.2 Å². The summed E-state index contributed by atoms with van der Waals surface area (Å²) in [5, 5.41) is 6.65. The summed E-state index contributed by atoms with van der Waals surface area (Å²) in [5.74, 6) is 0.538. The van der Waals surface area contributed by atoms with Gasteiger partial charge in [0.15, 0.2) is 5.11 Å². The average molecular weight is 224 g/mol. The molecule has 1 rings (SSSR count). The van der Waals surface area contributed by atoms with E-state index in [9.17, 15) is 0 Å². The van der Waals surface area contributed by atoms with Gasteiger partial charge >= 0.3 is 0 Å². The van der Waals surface area contributed by atoms with Crippen LogP contribution >= 0.6 is 12.2 Å². The van der Waals surface area contributed by atoms with Gasteiger partial charge in [-0.2, -0.15) is 0 Å². The number of aromatic nitrogens is 2. The van der Waals surface area contributed by atoms with E-state index in [1.807, 2.05) is 13.0 Å². The second kappa shape index (κ2) is 5.60. The van der Waals surface area contributed by atoms with Gasteiger partial charge in [0.1, 0.15) is 0 Å². The number of rotatable bonds is 3. The van der Waals surface area contributed by atoms with E-state index in [0.717, 1.165) is 12.1 Å². The summed E-state index contributed by atoms with van der Waals surface area (Å²) in [5.41, 5.74) is 0.916. The first-order valence-electron chi connectivity index (χ1n) is 4.99. The highest BCUT2D eigenvalue weighted by molar-refractivity contribution is 7.80. The molecule has 2 N–H and O–H groups in total. The molecular weight excluding hydrogens is 208 g/mol. The number of aryl methyl sites for hydroxylation is 1. The molecule has 5 heteroatoms. The Morgan fingerprint density at radius 2 is 2.33 bits per heavy atom. The van der Waals surface area contributed by atoms with Gasteiger partial charge in [-0.3, -0.25) is 0 Å². The van der Waals surface area contributed by atoms with Crippen LogP contribution in [-0.4, -0.2) is 21.1 Å². The van der Waals surface area contributed by atoms with Crippen LogP contribution in [0.5, 0.6) is 0 Å². The van der Waals surface area contributed by atoms with Crippen LogP contribution in [0.15, 0.2) is 12.3 Å². The summed E-state index contributed by atoms with van der Waals surface area (Å²) >= 11 is 5.12. The highest BCUT2D eigenvalue weighted by Gasteiger charge is 2.03. The van der Waals surface area contributed by atoms with Gasteiger partial charge in [-0.25, -0.2) is 9.97 Å². The van der Waals surface area contributed by atoms with Crippen molar-refractivity contribution in [3.8, 4) is 0 Å². The first kappa shape index (κ1) is 11.8. The van der Waals surface area contributed by atoms with Crippen molar-refractivity contribution in [2.24, 2.45) is 0 Å². The lowest BCUT2D eigenvalue weighted by molar-refractivity contribution is 0.645. The molecule has 15 heavy (non-hydrogen) atoms. The van der Waals surface area contributed by atoms with E-state index in [1.165, 1.54) is 0 Å². The number of hydrogen-bond donors (Lipinski definition) is 2. The fourth-order valence-electron chi connectivity index (χ4n) is 0.973. The zero-order valence-corrected chi connectivity index (χ0v) is 10.1. The van der Waals surface area contributed by atoms with E-state index in [-0.39, 0.29) is 0 Å². The van der Waals surface area contributed by atoms with Gasteiger partial charge in [-0.1, -0.05) is 6.92 Å². The van der Waals surface area contributed by atoms with Crippen molar-refractivity contribution >= 4 is 23.3 Å². The highest BCUT2D eigenvalue weighted by atomic mass is 32.1. The SMILES string of the molecule is CC[C@H](C)NC(=S)Nc1nccc(C)n1. The molecule has 1 atom stereocenters. The van der Waals surface area contributed by atoms with Crippen molar-refractivity contribution in [3.05, 3.63) is 18.0 Å². The predicted octanol–water partition coefficient (Wildman–Crippen LogP) is 1.87. The third-order valence-corrected chi connectivity index (χ3v) is 2.23. The zero-order valence-electron chi connectivity index (χ0n) is 9.24. The Hall–Kier alpha value is -1.23. The largest absolute Gasteiger partial charge is 0.360 e. The van der Waals surface area contributed by atoms with Crippen LogP contribution in [0.1, 0.15) is 26.0 Å². The van der Waals surface area contributed by atoms with Crippen LogP contribution in [-0.2, 0) is 0 Å². The van der Waals surface area contributed by atoms with E-state index >= 15 is 0 Å². The van der Waals surface area contributed by atoms with E-state index < -0.39 is 0 Å². The Morgan fingerprint density at radius 1 is 1.60 bits per heavy atom. The molecular formula is C10H16N4S. The Labute approximate surface area is 95.5 Å². The molecule has 0 saturated heterocycles. The molecule has 0 fully saturated rings. The Kier molecular flexibility index (Phi) is 4.42. The molecule has 0 radical (unpaired) electrons. The molecule has 1 aromatic heterocycles. The minimum Gasteiger partial charge on any atom is -0.360 e. The van der Waals surface area contributed by atoms with Crippen LogP contribution in [0.3, 0.4) is 0 Å². The first-order valence-corrected chi connectivity index (χ1v) is 5.39. The quantitative estimate of drug-likeness (QED) is 0.768. The number of nitrogens with zero attached hydrogens (tertiary/aromatic N) is 2. The standard InChI is InChI=1S/C10H16N4S/c1-4-7(2)13-10(15)14-9-11-6-5-8(3)12-9/h5-7H,4H2,1-3H3,(H2,11,12,13,14,15)/t7-/m0/s1. The van der Waals surface area contributed by atoms with Gasteiger partial charge in [0.25, 0.3) is 0 Å². The van der Waals surface area contributed by atoms with Crippen LogP contribution in [0.25, 0.3) is 0 Å². The molecule has 1 heterocycles. The third kappa shape index (κ3) is 4.20. The van der Waals surface area contributed by atoms with Gasteiger partial charge in [0.2, 0.25) is 5.95 Å². The highest BCUT2D eigenvalue weighted by Crippen LogP contribution is 1.99. The maximum atomic E-state index is 5.12. The minimum absolute atomic E-state index is 0.356. The first-order chi connectivity index (χ1) is 7.11. The summed E-state index contributed by atoms with van der Waals surface area (Å²) in [7, 11) is 0. The van der Waals surface area contributed by atoms with Gasteiger partial charge in [-0.15, -0.1) is 0 Å². The number of hydrogen-bond acceptors (Lipinski definition) is 3. The van der Waals surface area contributed by atoms with E-state index in [1.54, 1.807) is 6.20 Å². The fourth-order valence-corrected chi connectivity index (χ4v) is 1.27. The molecule has 82 valence electrons. The molecule has 0 aliphatic rings. The molecule has 0 amide bonds. The van der Waals surface area contributed by atoms with Gasteiger partial charge < -0.3 is 10.6 Å². The number of nitrogens with one attached hydrogen (secondary N) is 2. The monoisotopic (exact) mass is 224 g/mol. The lowest BCUT2D eigenvalue weighted by Crippen LogP contribution is -2.35. The van der Waals surface area contributed by atoms with Crippen molar-refractivity contribution in [1.29, 1.82) is 0 Å². The second-order valence-corrected chi connectivity index (χ2v) is 3.84. The smallest absolute Gasteiger partial charge is 0.229 e. The van der Waals surface area contributed by atoms with Crippen molar-refractivity contribution in [2.75, 3.05) is 5.32 Å². The van der Waals surface area contributed by atoms with Crippen LogP contribution in [0.4, 0.5) is 5.95 Å². The molecule has 0 aromatic carbocycles. The third-order valence-electron chi connectivity index (χ3n) is 2.01.